The molecule has 1 heterocycles. The average Bonchev–Trinajstić information content (AvgIpc) is 2.47. The summed E-state index contributed by atoms with van der Waals surface area (Å²) >= 11 is 0. The predicted octanol–water partition coefficient (Wildman–Crippen LogP) is 3.93. The minimum atomic E-state index is -0.329. The molecule has 100 valence electrons. The van der Waals surface area contributed by atoms with Crippen LogP contribution >= 0.6 is 0 Å². The number of aromatic nitrogens is 1. The van der Waals surface area contributed by atoms with Gasteiger partial charge in [-0.05, 0) is 44.1 Å². The van der Waals surface area contributed by atoms with Gasteiger partial charge >= 0.3 is 5.97 Å². The van der Waals surface area contributed by atoms with Gasteiger partial charge in [0.2, 0.25) is 0 Å². The van der Waals surface area contributed by atoms with Crippen molar-refractivity contribution in [2.45, 2.75) is 19.8 Å². The smallest absolute Gasteiger partial charge is 0.344 e. The number of para-hydroxylation sites is 1. The van der Waals surface area contributed by atoms with E-state index in [0.29, 0.717) is 11.3 Å². The van der Waals surface area contributed by atoms with Gasteiger partial charge in [0.05, 0.1) is 11.1 Å². The summed E-state index contributed by atoms with van der Waals surface area (Å²) in [5, 5.41) is 0.823. The van der Waals surface area contributed by atoms with E-state index in [1.807, 2.05) is 49.4 Å². The number of benzene rings is 1. The maximum atomic E-state index is 12.4. The predicted molar refractivity (Wildman–Crippen MR) is 78.4 cm³/mol. The molecule has 3 rings (SSSR count). The monoisotopic (exact) mass is 265 g/mol. The lowest BCUT2D eigenvalue weighted by Gasteiger charge is -2.10. The zero-order valence-electron chi connectivity index (χ0n) is 11.3. The van der Waals surface area contributed by atoms with Crippen molar-refractivity contribution in [3.8, 4) is 0 Å². The van der Waals surface area contributed by atoms with Gasteiger partial charge in [0, 0.05) is 11.1 Å². The molecule has 1 aromatic heterocycles. The zero-order valence-corrected chi connectivity index (χ0v) is 11.3. The fourth-order valence-corrected chi connectivity index (χ4v) is 2.30. The first-order valence-corrected chi connectivity index (χ1v) is 6.69. The molecule has 0 N–H and O–H groups in total. The molecule has 0 radical (unpaired) electrons. The number of aryl methyl sites for hydroxylation is 1. The Morgan fingerprint density at radius 1 is 1.25 bits per heavy atom. The molecule has 1 aliphatic carbocycles. The SMILES string of the molecule is Cc1cc(C(=O)OC2=CCCC=C2)c2ccccc2n1. The van der Waals surface area contributed by atoms with Gasteiger partial charge in [0.15, 0.2) is 0 Å². The highest BCUT2D eigenvalue weighted by atomic mass is 16.5. The number of nitrogens with zero attached hydrogens (tertiary/aromatic N) is 1. The Bertz CT molecular complexity index is 729. The summed E-state index contributed by atoms with van der Waals surface area (Å²) in [4.78, 5) is 16.8. The van der Waals surface area contributed by atoms with E-state index in [1.54, 1.807) is 6.07 Å². The number of carbonyl (C=O) groups is 1. The highest BCUT2D eigenvalue weighted by Crippen LogP contribution is 2.21. The van der Waals surface area contributed by atoms with Crippen LogP contribution in [0.1, 0.15) is 28.9 Å². The second-order valence-corrected chi connectivity index (χ2v) is 4.80. The van der Waals surface area contributed by atoms with E-state index >= 15 is 0 Å². The van der Waals surface area contributed by atoms with Crippen molar-refractivity contribution >= 4 is 16.9 Å². The summed E-state index contributed by atoms with van der Waals surface area (Å²) < 4.78 is 5.45. The van der Waals surface area contributed by atoms with E-state index in [0.717, 1.165) is 29.4 Å². The maximum Gasteiger partial charge on any atom is 0.344 e. The summed E-state index contributed by atoms with van der Waals surface area (Å²) in [6.07, 6.45) is 7.71. The van der Waals surface area contributed by atoms with Crippen LogP contribution < -0.4 is 0 Å². The van der Waals surface area contributed by atoms with Gasteiger partial charge in [0.25, 0.3) is 0 Å². The van der Waals surface area contributed by atoms with E-state index in [-0.39, 0.29) is 5.97 Å². The first kappa shape index (κ1) is 12.6. The third kappa shape index (κ3) is 2.48. The maximum absolute atomic E-state index is 12.4. The van der Waals surface area contributed by atoms with Crippen molar-refractivity contribution in [1.82, 2.24) is 4.98 Å². The van der Waals surface area contributed by atoms with E-state index < -0.39 is 0 Å². The number of hydrogen-bond acceptors (Lipinski definition) is 3. The van der Waals surface area contributed by atoms with Crippen molar-refractivity contribution in [3.05, 3.63) is 65.6 Å². The van der Waals surface area contributed by atoms with E-state index in [9.17, 15) is 4.79 Å². The second-order valence-electron chi connectivity index (χ2n) is 4.80. The third-order valence-corrected chi connectivity index (χ3v) is 3.24. The molecule has 0 atom stereocenters. The summed E-state index contributed by atoms with van der Waals surface area (Å²) in [6.45, 7) is 1.88. The van der Waals surface area contributed by atoms with Crippen molar-refractivity contribution in [2.24, 2.45) is 0 Å². The Hall–Kier alpha value is -2.42. The lowest BCUT2D eigenvalue weighted by Crippen LogP contribution is -2.07. The Balaban J connectivity index is 1.98. The van der Waals surface area contributed by atoms with Crippen LogP contribution in [-0.4, -0.2) is 11.0 Å². The third-order valence-electron chi connectivity index (χ3n) is 3.24. The van der Waals surface area contributed by atoms with Crippen LogP contribution in [-0.2, 0) is 4.74 Å². The van der Waals surface area contributed by atoms with Crippen molar-refractivity contribution in [3.63, 3.8) is 0 Å². The largest absolute Gasteiger partial charge is 0.423 e. The summed E-state index contributed by atoms with van der Waals surface area (Å²) in [6, 6.07) is 9.38. The molecule has 0 spiro atoms. The topological polar surface area (TPSA) is 39.2 Å². The molecule has 1 aromatic carbocycles. The molecule has 0 amide bonds. The molecule has 0 saturated heterocycles. The zero-order chi connectivity index (χ0) is 13.9. The number of esters is 1. The van der Waals surface area contributed by atoms with E-state index in [2.05, 4.69) is 4.98 Å². The van der Waals surface area contributed by atoms with Gasteiger partial charge in [-0.15, -0.1) is 0 Å². The van der Waals surface area contributed by atoms with Crippen molar-refractivity contribution in [1.29, 1.82) is 0 Å². The number of carbonyl (C=O) groups excluding carboxylic acids is 1. The fraction of sp³-hybridized carbons (Fsp3) is 0.176. The molecule has 20 heavy (non-hydrogen) atoms. The molecule has 1 aliphatic rings. The van der Waals surface area contributed by atoms with Gasteiger partial charge in [-0.25, -0.2) is 4.79 Å². The Morgan fingerprint density at radius 3 is 2.90 bits per heavy atom. The first-order chi connectivity index (χ1) is 9.74. The van der Waals surface area contributed by atoms with Gasteiger partial charge < -0.3 is 4.74 Å². The Labute approximate surface area is 117 Å². The lowest BCUT2D eigenvalue weighted by molar-refractivity contribution is 0.0637. The number of fused-ring (bicyclic) bond motifs is 1. The summed E-state index contributed by atoms with van der Waals surface area (Å²) in [7, 11) is 0. The van der Waals surface area contributed by atoms with Crippen molar-refractivity contribution in [2.75, 3.05) is 0 Å². The molecule has 2 aromatic rings. The van der Waals surface area contributed by atoms with Crippen LogP contribution in [0.5, 0.6) is 0 Å². The van der Waals surface area contributed by atoms with Crippen LogP contribution in [0.4, 0.5) is 0 Å². The number of rotatable bonds is 2. The van der Waals surface area contributed by atoms with Gasteiger partial charge in [-0.3, -0.25) is 4.98 Å². The average molecular weight is 265 g/mol. The fourth-order valence-electron chi connectivity index (χ4n) is 2.30. The highest BCUT2D eigenvalue weighted by Gasteiger charge is 2.14. The molecule has 0 fully saturated rings. The Kier molecular flexibility index (Phi) is 3.33. The molecular formula is C17H15NO2. The molecular weight excluding hydrogens is 250 g/mol. The van der Waals surface area contributed by atoms with Crippen LogP contribution in [0.15, 0.2) is 54.3 Å². The standard InChI is InChI=1S/C17H15NO2/c1-12-11-15(14-9-5-6-10-16(14)18-12)17(19)20-13-7-3-2-4-8-13/h3,5-11H,2,4H2,1H3. The van der Waals surface area contributed by atoms with E-state index in [4.69, 9.17) is 4.74 Å². The normalized spacial score (nSPS) is 14.2. The molecule has 0 bridgehead atoms. The van der Waals surface area contributed by atoms with E-state index in [1.165, 1.54) is 0 Å². The minimum absolute atomic E-state index is 0.329. The van der Waals surface area contributed by atoms with Crippen LogP contribution in [0, 0.1) is 6.92 Å². The molecule has 3 nitrogen and oxygen atoms in total. The van der Waals surface area contributed by atoms with Crippen LogP contribution in [0.3, 0.4) is 0 Å². The summed E-state index contributed by atoms with van der Waals surface area (Å²) in [5.41, 5.74) is 2.18. The molecule has 0 unspecified atom stereocenters. The van der Waals surface area contributed by atoms with Gasteiger partial charge in [-0.1, -0.05) is 24.3 Å². The lowest BCUT2D eigenvalue weighted by atomic mass is 10.1. The second kappa shape index (κ2) is 5.29. The number of ether oxygens (including phenoxy) is 1. The highest BCUT2D eigenvalue weighted by molar-refractivity contribution is 6.03. The van der Waals surface area contributed by atoms with Gasteiger partial charge in [-0.2, -0.15) is 0 Å². The Morgan fingerprint density at radius 2 is 2.10 bits per heavy atom. The number of pyridine rings is 1. The number of allylic oxidation sites excluding steroid dienone is 3. The number of hydrogen-bond donors (Lipinski definition) is 0. The molecule has 0 aliphatic heterocycles. The minimum Gasteiger partial charge on any atom is -0.423 e. The summed E-state index contributed by atoms with van der Waals surface area (Å²) in [5.74, 6) is 0.296. The van der Waals surface area contributed by atoms with Crippen LogP contribution in [0.25, 0.3) is 10.9 Å². The van der Waals surface area contributed by atoms with Crippen LogP contribution in [0.2, 0.25) is 0 Å². The van der Waals surface area contributed by atoms with Gasteiger partial charge in [0.1, 0.15) is 5.76 Å². The quantitative estimate of drug-likeness (QED) is 0.772. The molecule has 3 heteroatoms. The first-order valence-electron chi connectivity index (χ1n) is 6.69. The van der Waals surface area contributed by atoms with Crippen molar-refractivity contribution < 1.29 is 9.53 Å². The molecule has 0 saturated carbocycles.